The molecule has 1 heterocycles. The second-order valence-corrected chi connectivity index (χ2v) is 3.03. The number of hydrogen-bond acceptors (Lipinski definition) is 3. The Labute approximate surface area is 81.4 Å². The Bertz CT molecular complexity index is 407. The maximum absolute atomic E-state index is 11.5. The molecule has 0 aromatic heterocycles. The SMILES string of the molecule is O=C1C(O)=CC=NC1c1ccccc1. The molecule has 14 heavy (non-hydrogen) atoms. The number of aliphatic hydroxyl groups is 1. The number of carbonyl (C=O) groups is 1. The highest BCUT2D eigenvalue weighted by molar-refractivity contribution is 6.04. The Kier molecular flexibility index (Phi) is 2.14. The molecule has 1 unspecified atom stereocenters. The summed E-state index contributed by atoms with van der Waals surface area (Å²) in [5.41, 5.74) is 0.799. The Morgan fingerprint density at radius 1 is 1.21 bits per heavy atom. The van der Waals surface area contributed by atoms with Crippen molar-refractivity contribution in [1.29, 1.82) is 0 Å². The van der Waals surface area contributed by atoms with Gasteiger partial charge in [0.15, 0.2) is 5.76 Å². The minimum absolute atomic E-state index is 0.228. The first kappa shape index (κ1) is 8.69. The Morgan fingerprint density at radius 2 is 1.93 bits per heavy atom. The van der Waals surface area contributed by atoms with Crippen LogP contribution in [-0.2, 0) is 4.79 Å². The van der Waals surface area contributed by atoms with Crippen molar-refractivity contribution in [2.24, 2.45) is 4.99 Å². The van der Waals surface area contributed by atoms with E-state index in [2.05, 4.69) is 4.99 Å². The fraction of sp³-hybridized carbons (Fsp3) is 0.0909. The number of allylic oxidation sites excluding steroid dienone is 1. The van der Waals surface area contributed by atoms with Gasteiger partial charge in [-0.15, -0.1) is 0 Å². The molecule has 0 radical (unpaired) electrons. The summed E-state index contributed by atoms with van der Waals surface area (Å²) in [6.45, 7) is 0. The monoisotopic (exact) mass is 187 g/mol. The molecule has 3 heteroatoms. The van der Waals surface area contributed by atoms with Gasteiger partial charge < -0.3 is 5.11 Å². The zero-order valence-corrected chi connectivity index (χ0v) is 7.42. The van der Waals surface area contributed by atoms with Crippen LogP contribution in [-0.4, -0.2) is 17.1 Å². The molecule has 0 saturated carbocycles. The van der Waals surface area contributed by atoms with Crippen molar-refractivity contribution in [2.75, 3.05) is 0 Å². The van der Waals surface area contributed by atoms with Crippen LogP contribution in [0.15, 0.2) is 47.2 Å². The van der Waals surface area contributed by atoms with Crippen molar-refractivity contribution in [1.82, 2.24) is 0 Å². The molecule has 0 bridgehead atoms. The number of benzene rings is 1. The molecule has 0 amide bonds. The van der Waals surface area contributed by atoms with E-state index in [1.807, 2.05) is 30.3 Å². The summed E-state index contributed by atoms with van der Waals surface area (Å²) in [6, 6.07) is 8.61. The minimum atomic E-state index is -0.582. The number of Topliss-reactive ketones (excluding diaryl/α,β-unsaturated/α-hetero) is 1. The smallest absolute Gasteiger partial charge is 0.226 e. The van der Waals surface area contributed by atoms with Crippen LogP contribution in [0.2, 0.25) is 0 Å². The number of dihydropyridines is 1. The highest BCUT2D eigenvalue weighted by atomic mass is 16.3. The fourth-order valence-corrected chi connectivity index (χ4v) is 1.36. The number of carbonyl (C=O) groups excluding carboxylic acids is 1. The molecular weight excluding hydrogens is 178 g/mol. The van der Waals surface area contributed by atoms with Gasteiger partial charge in [-0.1, -0.05) is 30.3 Å². The summed E-state index contributed by atoms with van der Waals surface area (Å²) in [6.07, 6.45) is 2.76. The first-order valence-corrected chi connectivity index (χ1v) is 4.30. The topological polar surface area (TPSA) is 49.7 Å². The van der Waals surface area contributed by atoms with E-state index in [0.717, 1.165) is 5.56 Å². The molecule has 1 aromatic carbocycles. The lowest BCUT2D eigenvalue weighted by atomic mass is 10.0. The van der Waals surface area contributed by atoms with Gasteiger partial charge in [-0.2, -0.15) is 0 Å². The number of rotatable bonds is 1. The van der Waals surface area contributed by atoms with Gasteiger partial charge in [-0.05, 0) is 5.56 Å². The van der Waals surface area contributed by atoms with Crippen LogP contribution >= 0.6 is 0 Å². The van der Waals surface area contributed by atoms with Crippen molar-refractivity contribution < 1.29 is 9.90 Å². The molecular formula is C11H9NO2. The van der Waals surface area contributed by atoms with Crippen LogP contribution in [0, 0.1) is 0 Å². The second-order valence-electron chi connectivity index (χ2n) is 3.03. The summed E-state index contributed by atoms with van der Waals surface area (Å²) in [4.78, 5) is 15.5. The normalized spacial score (nSPS) is 20.7. The van der Waals surface area contributed by atoms with Gasteiger partial charge in [0.1, 0.15) is 6.04 Å². The molecule has 0 aliphatic carbocycles. The minimum Gasteiger partial charge on any atom is -0.504 e. The molecule has 0 fully saturated rings. The molecule has 3 nitrogen and oxygen atoms in total. The van der Waals surface area contributed by atoms with Crippen molar-refractivity contribution in [3.63, 3.8) is 0 Å². The molecule has 70 valence electrons. The zero-order chi connectivity index (χ0) is 9.97. The summed E-state index contributed by atoms with van der Waals surface area (Å²) in [5, 5.41) is 9.23. The molecule has 1 aliphatic rings. The van der Waals surface area contributed by atoms with Gasteiger partial charge in [-0.3, -0.25) is 9.79 Å². The highest BCUT2D eigenvalue weighted by Gasteiger charge is 2.24. The van der Waals surface area contributed by atoms with Gasteiger partial charge >= 0.3 is 0 Å². The van der Waals surface area contributed by atoms with Crippen LogP contribution in [0.25, 0.3) is 0 Å². The van der Waals surface area contributed by atoms with Crippen molar-refractivity contribution in [3.05, 3.63) is 47.7 Å². The van der Waals surface area contributed by atoms with Crippen LogP contribution < -0.4 is 0 Å². The Morgan fingerprint density at radius 3 is 2.64 bits per heavy atom. The summed E-state index contributed by atoms with van der Waals surface area (Å²) in [5.74, 6) is -0.576. The average Bonchev–Trinajstić information content (AvgIpc) is 2.23. The summed E-state index contributed by atoms with van der Waals surface area (Å²) < 4.78 is 0. The largest absolute Gasteiger partial charge is 0.504 e. The van der Waals surface area contributed by atoms with Gasteiger partial charge in [0, 0.05) is 12.3 Å². The van der Waals surface area contributed by atoms with E-state index >= 15 is 0 Å². The average molecular weight is 187 g/mol. The predicted octanol–water partition coefficient (Wildman–Crippen LogP) is 1.82. The third-order valence-electron chi connectivity index (χ3n) is 2.08. The van der Waals surface area contributed by atoms with Gasteiger partial charge in [0.2, 0.25) is 5.78 Å². The van der Waals surface area contributed by atoms with Crippen LogP contribution in [0.1, 0.15) is 11.6 Å². The predicted molar refractivity (Wildman–Crippen MR) is 53.4 cm³/mol. The number of aliphatic imine (C=N–C) groups is 1. The number of aliphatic hydroxyl groups excluding tert-OH is 1. The van der Waals surface area contributed by atoms with E-state index in [-0.39, 0.29) is 11.5 Å². The molecule has 1 atom stereocenters. The molecule has 1 aliphatic heterocycles. The van der Waals surface area contributed by atoms with E-state index in [1.54, 1.807) is 0 Å². The van der Waals surface area contributed by atoms with Crippen LogP contribution in [0.4, 0.5) is 0 Å². The number of nitrogens with zero attached hydrogens (tertiary/aromatic N) is 1. The fourth-order valence-electron chi connectivity index (χ4n) is 1.36. The number of hydrogen-bond donors (Lipinski definition) is 1. The lowest BCUT2D eigenvalue weighted by Crippen LogP contribution is -2.16. The van der Waals surface area contributed by atoms with E-state index in [9.17, 15) is 9.90 Å². The van der Waals surface area contributed by atoms with E-state index in [1.165, 1.54) is 12.3 Å². The van der Waals surface area contributed by atoms with Gasteiger partial charge in [-0.25, -0.2) is 0 Å². The first-order valence-electron chi connectivity index (χ1n) is 4.30. The van der Waals surface area contributed by atoms with E-state index in [0.29, 0.717) is 0 Å². The van der Waals surface area contributed by atoms with Crippen LogP contribution in [0.3, 0.4) is 0 Å². The molecule has 0 saturated heterocycles. The Hall–Kier alpha value is -1.90. The van der Waals surface area contributed by atoms with Gasteiger partial charge in [0.05, 0.1) is 0 Å². The van der Waals surface area contributed by atoms with E-state index < -0.39 is 6.04 Å². The maximum Gasteiger partial charge on any atom is 0.226 e. The zero-order valence-electron chi connectivity index (χ0n) is 7.42. The Balaban J connectivity index is 2.34. The quantitative estimate of drug-likeness (QED) is 0.729. The molecule has 2 rings (SSSR count). The summed E-state index contributed by atoms with van der Waals surface area (Å²) >= 11 is 0. The summed E-state index contributed by atoms with van der Waals surface area (Å²) in [7, 11) is 0. The van der Waals surface area contributed by atoms with Crippen LogP contribution in [0.5, 0.6) is 0 Å². The van der Waals surface area contributed by atoms with Crippen molar-refractivity contribution >= 4 is 12.0 Å². The van der Waals surface area contributed by atoms with Crippen molar-refractivity contribution in [2.45, 2.75) is 6.04 Å². The van der Waals surface area contributed by atoms with Crippen molar-refractivity contribution in [3.8, 4) is 0 Å². The lowest BCUT2D eigenvalue weighted by Gasteiger charge is -2.13. The molecule has 1 aromatic rings. The lowest BCUT2D eigenvalue weighted by molar-refractivity contribution is -0.119. The molecule has 0 spiro atoms. The maximum atomic E-state index is 11.5. The van der Waals surface area contributed by atoms with E-state index in [4.69, 9.17) is 0 Å². The first-order chi connectivity index (χ1) is 6.79. The third-order valence-corrected chi connectivity index (χ3v) is 2.08. The number of ketones is 1. The second kappa shape index (κ2) is 3.46. The standard InChI is InChI=1S/C11H9NO2/c13-9-6-7-12-10(11(9)14)8-4-2-1-3-5-8/h1-7,10,13H. The van der Waals surface area contributed by atoms with Gasteiger partial charge in [0.25, 0.3) is 0 Å². The molecule has 1 N–H and O–H groups in total. The highest BCUT2D eigenvalue weighted by Crippen LogP contribution is 2.22. The third kappa shape index (κ3) is 1.44.